The molecule has 1 aromatic heterocycles. The second-order valence-corrected chi connectivity index (χ2v) is 5.56. The summed E-state index contributed by atoms with van der Waals surface area (Å²) in [4.78, 5) is 12.8. The van der Waals surface area contributed by atoms with E-state index in [2.05, 4.69) is 33.4 Å². The first kappa shape index (κ1) is 15.1. The third kappa shape index (κ3) is 2.37. The van der Waals surface area contributed by atoms with Crippen LogP contribution in [0.4, 0.5) is 17.1 Å². The second kappa shape index (κ2) is 5.86. The predicted octanol–water partition coefficient (Wildman–Crippen LogP) is 4.44. The van der Waals surface area contributed by atoms with Crippen molar-refractivity contribution in [3.63, 3.8) is 0 Å². The van der Waals surface area contributed by atoms with Gasteiger partial charge in [-0.2, -0.15) is 0 Å². The lowest BCUT2D eigenvalue weighted by Gasteiger charge is -2.24. The van der Waals surface area contributed by atoms with Crippen molar-refractivity contribution in [1.82, 2.24) is 10.3 Å². The summed E-state index contributed by atoms with van der Waals surface area (Å²) >= 11 is 0. The molecule has 0 aliphatic heterocycles. The maximum absolute atomic E-state index is 11.2. The van der Waals surface area contributed by atoms with Crippen molar-refractivity contribution in [2.24, 2.45) is 0 Å². The van der Waals surface area contributed by atoms with Crippen molar-refractivity contribution in [3.8, 4) is 0 Å². The van der Waals surface area contributed by atoms with Crippen LogP contribution >= 0.6 is 0 Å². The highest BCUT2D eigenvalue weighted by Gasteiger charge is 2.23. The van der Waals surface area contributed by atoms with Gasteiger partial charge in [0.15, 0.2) is 5.52 Å². The molecule has 0 spiro atoms. The second-order valence-electron chi connectivity index (χ2n) is 5.56. The van der Waals surface area contributed by atoms with Gasteiger partial charge in [-0.1, -0.05) is 36.4 Å². The Hall–Kier alpha value is -3.48. The van der Waals surface area contributed by atoms with Gasteiger partial charge in [0, 0.05) is 23.7 Å². The Morgan fingerprint density at radius 2 is 1.76 bits per heavy atom. The maximum atomic E-state index is 11.2. The minimum Gasteiger partial charge on any atom is -0.339 e. The van der Waals surface area contributed by atoms with Crippen LogP contribution in [0.3, 0.4) is 0 Å². The number of nitro benzene ring substituents is 1. The Kier molecular flexibility index (Phi) is 3.53. The summed E-state index contributed by atoms with van der Waals surface area (Å²) in [6.45, 7) is 2.68. The molecule has 0 radical (unpaired) electrons. The summed E-state index contributed by atoms with van der Waals surface area (Å²) in [7, 11) is 0. The van der Waals surface area contributed by atoms with E-state index in [4.69, 9.17) is 4.63 Å². The molecule has 0 saturated carbocycles. The number of benzene rings is 3. The van der Waals surface area contributed by atoms with Gasteiger partial charge in [-0.25, -0.2) is 4.63 Å². The van der Waals surface area contributed by atoms with E-state index in [1.807, 2.05) is 31.2 Å². The molecule has 0 bridgehead atoms. The van der Waals surface area contributed by atoms with Gasteiger partial charge in [-0.05, 0) is 34.8 Å². The van der Waals surface area contributed by atoms with E-state index in [1.165, 1.54) is 6.07 Å². The molecule has 7 nitrogen and oxygen atoms in total. The number of rotatable bonds is 4. The average Bonchev–Trinajstić information content (AvgIpc) is 3.12. The molecule has 0 aliphatic carbocycles. The Morgan fingerprint density at radius 3 is 2.56 bits per heavy atom. The molecule has 4 rings (SSSR count). The molecular formula is C18H14N4O3. The van der Waals surface area contributed by atoms with Crippen LogP contribution in [-0.4, -0.2) is 21.8 Å². The minimum absolute atomic E-state index is 0.117. The molecule has 7 heteroatoms. The zero-order valence-electron chi connectivity index (χ0n) is 13.4. The maximum Gasteiger partial charge on any atom is 0.300 e. The monoisotopic (exact) mass is 334 g/mol. The lowest BCUT2D eigenvalue weighted by molar-refractivity contribution is -0.383. The summed E-state index contributed by atoms with van der Waals surface area (Å²) in [5.41, 5.74) is 2.14. The van der Waals surface area contributed by atoms with Gasteiger partial charge < -0.3 is 4.90 Å². The number of anilines is 2. The number of hydrogen-bond acceptors (Lipinski definition) is 6. The van der Waals surface area contributed by atoms with E-state index in [0.29, 0.717) is 12.1 Å². The first-order valence-corrected chi connectivity index (χ1v) is 7.85. The molecule has 1 heterocycles. The summed E-state index contributed by atoms with van der Waals surface area (Å²) in [6.07, 6.45) is 0. The highest BCUT2D eigenvalue weighted by Crippen LogP contribution is 2.37. The number of aromatic nitrogens is 2. The summed E-state index contributed by atoms with van der Waals surface area (Å²) in [5, 5.41) is 21.0. The van der Waals surface area contributed by atoms with E-state index in [1.54, 1.807) is 6.07 Å². The smallest absolute Gasteiger partial charge is 0.300 e. The van der Waals surface area contributed by atoms with Crippen LogP contribution in [0.5, 0.6) is 0 Å². The fourth-order valence-corrected chi connectivity index (χ4v) is 3.12. The third-order valence-corrected chi connectivity index (χ3v) is 4.23. The van der Waals surface area contributed by atoms with Crippen molar-refractivity contribution in [2.75, 3.05) is 11.4 Å². The average molecular weight is 334 g/mol. The lowest BCUT2D eigenvalue weighted by Crippen LogP contribution is -2.17. The summed E-state index contributed by atoms with van der Waals surface area (Å²) in [6, 6.07) is 17.3. The number of nitro groups is 1. The van der Waals surface area contributed by atoms with Crippen LogP contribution in [0.1, 0.15) is 6.92 Å². The molecule has 0 fully saturated rings. The first-order valence-electron chi connectivity index (χ1n) is 7.85. The number of fused-ring (bicyclic) bond motifs is 2. The summed E-state index contributed by atoms with van der Waals surface area (Å²) in [5.74, 6) is 0. The van der Waals surface area contributed by atoms with E-state index in [-0.39, 0.29) is 11.2 Å². The van der Waals surface area contributed by atoms with Gasteiger partial charge in [-0.3, -0.25) is 10.1 Å². The van der Waals surface area contributed by atoms with Crippen LogP contribution in [0.25, 0.3) is 21.8 Å². The predicted molar refractivity (Wildman–Crippen MR) is 95.1 cm³/mol. The van der Waals surface area contributed by atoms with Crippen molar-refractivity contribution >= 4 is 38.9 Å². The molecule has 0 saturated heterocycles. The highest BCUT2D eigenvalue weighted by molar-refractivity contribution is 6.01. The Balaban J connectivity index is 1.96. The molecule has 0 unspecified atom stereocenters. The topological polar surface area (TPSA) is 85.3 Å². The zero-order valence-corrected chi connectivity index (χ0v) is 13.4. The van der Waals surface area contributed by atoms with E-state index in [0.717, 1.165) is 22.1 Å². The molecule has 3 aromatic carbocycles. The summed E-state index contributed by atoms with van der Waals surface area (Å²) < 4.78 is 4.78. The van der Waals surface area contributed by atoms with Crippen LogP contribution < -0.4 is 4.90 Å². The van der Waals surface area contributed by atoms with Crippen molar-refractivity contribution in [3.05, 3.63) is 64.7 Å². The fourth-order valence-electron chi connectivity index (χ4n) is 3.12. The quantitative estimate of drug-likeness (QED) is 0.405. The third-order valence-electron chi connectivity index (χ3n) is 4.23. The highest BCUT2D eigenvalue weighted by atomic mass is 16.6. The van der Waals surface area contributed by atoms with E-state index < -0.39 is 4.92 Å². The minimum atomic E-state index is -0.482. The van der Waals surface area contributed by atoms with Crippen LogP contribution in [0.15, 0.2) is 59.2 Å². The normalized spacial score (nSPS) is 11.1. The van der Waals surface area contributed by atoms with Gasteiger partial charge in [0.25, 0.3) is 0 Å². The Bertz CT molecular complexity index is 1080. The van der Waals surface area contributed by atoms with Gasteiger partial charge in [-0.15, -0.1) is 0 Å². The molecule has 25 heavy (non-hydrogen) atoms. The molecule has 0 aliphatic rings. The molecule has 0 atom stereocenters. The largest absolute Gasteiger partial charge is 0.339 e. The molecule has 0 N–H and O–H groups in total. The lowest BCUT2D eigenvalue weighted by atomic mass is 10.1. The fraction of sp³-hybridized carbons (Fsp3) is 0.111. The number of nitrogens with zero attached hydrogens (tertiary/aromatic N) is 4. The number of non-ortho nitro benzene ring substituents is 1. The SMILES string of the molecule is CCN(c1cccc2ccccc12)c1ccc([N+](=O)[O-])c2nonc12. The van der Waals surface area contributed by atoms with Crippen LogP contribution in [-0.2, 0) is 0 Å². The van der Waals surface area contributed by atoms with Crippen LogP contribution in [0, 0.1) is 10.1 Å². The zero-order chi connectivity index (χ0) is 17.4. The van der Waals surface area contributed by atoms with E-state index >= 15 is 0 Å². The van der Waals surface area contributed by atoms with Gasteiger partial charge >= 0.3 is 5.69 Å². The van der Waals surface area contributed by atoms with Crippen molar-refractivity contribution in [1.29, 1.82) is 0 Å². The first-order chi connectivity index (χ1) is 12.2. The van der Waals surface area contributed by atoms with Crippen LogP contribution in [0.2, 0.25) is 0 Å². The number of hydrogen-bond donors (Lipinski definition) is 0. The van der Waals surface area contributed by atoms with Gasteiger partial charge in [0.05, 0.1) is 10.6 Å². The van der Waals surface area contributed by atoms with Gasteiger partial charge in [0.1, 0.15) is 0 Å². The molecule has 4 aromatic rings. The Morgan fingerprint density at radius 1 is 1.00 bits per heavy atom. The molecular weight excluding hydrogens is 320 g/mol. The van der Waals surface area contributed by atoms with E-state index in [9.17, 15) is 10.1 Å². The molecule has 124 valence electrons. The van der Waals surface area contributed by atoms with Crippen molar-refractivity contribution in [2.45, 2.75) is 6.92 Å². The van der Waals surface area contributed by atoms with Crippen molar-refractivity contribution < 1.29 is 9.55 Å². The Labute approximate surface area is 142 Å². The molecule has 0 amide bonds. The van der Waals surface area contributed by atoms with Gasteiger partial charge in [0.2, 0.25) is 5.52 Å². The standard InChI is InChI=1S/C18H14N4O3/c1-2-21(14-9-5-7-12-6-3-4-8-13(12)14)15-10-11-16(22(23)24)18-17(15)19-25-20-18/h3-11H,2H2,1H3.